The van der Waals surface area contributed by atoms with E-state index in [1.54, 1.807) is 27.9 Å². The SMILES string of the molecule is CCN(CC)S(=O)(=O)c1ccc2c(c1)oc(=O)n2CC(=O)N(C)C. The highest BCUT2D eigenvalue weighted by atomic mass is 32.2. The summed E-state index contributed by atoms with van der Waals surface area (Å²) in [5.41, 5.74) is 0.522. The lowest BCUT2D eigenvalue weighted by molar-refractivity contribution is -0.129. The fraction of sp³-hybridized carbons (Fsp3) is 0.467. The number of aromatic nitrogens is 1. The Morgan fingerprint density at radius 3 is 2.38 bits per heavy atom. The Bertz CT molecular complexity index is 907. The number of fused-ring (bicyclic) bond motifs is 1. The first-order chi connectivity index (χ1) is 11.2. The highest BCUT2D eigenvalue weighted by molar-refractivity contribution is 7.89. The highest BCUT2D eigenvalue weighted by Gasteiger charge is 2.23. The predicted molar refractivity (Wildman–Crippen MR) is 89.3 cm³/mol. The number of carbonyl (C=O) groups excluding carboxylic acids is 1. The van der Waals surface area contributed by atoms with E-state index in [2.05, 4.69) is 0 Å². The van der Waals surface area contributed by atoms with Crippen molar-refractivity contribution in [2.75, 3.05) is 27.2 Å². The second kappa shape index (κ2) is 6.78. The van der Waals surface area contributed by atoms with E-state index in [0.717, 1.165) is 0 Å². The first kappa shape index (κ1) is 18.2. The van der Waals surface area contributed by atoms with Crippen LogP contribution in [0.25, 0.3) is 11.1 Å². The van der Waals surface area contributed by atoms with Crippen molar-refractivity contribution in [1.82, 2.24) is 13.8 Å². The molecule has 0 aliphatic rings. The van der Waals surface area contributed by atoms with E-state index < -0.39 is 15.8 Å². The third kappa shape index (κ3) is 3.22. The van der Waals surface area contributed by atoms with E-state index in [4.69, 9.17) is 4.42 Å². The van der Waals surface area contributed by atoms with Crippen LogP contribution in [0.2, 0.25) is 0 Å². The molecule has 0 spiro atoms. The Morgan fingerprint density at radius 1 is 1.21 bits per heavy atom. The smallest absolute Gasteiger partial charge is 0.408 e. The van der Waals surface area contributed by atoms with E-state index in [9.17, 15) is 18.0 Å². The monoisotopic (exact) mass is 355 g/mol. The summed E-state index contributed by atoms with van der Waals surface area (Å²) in [6.07, 6.45) is 0. The van der Waals surface area contributed by atoms with Gasteiger partial charge in [0.15, 0.2) is 5.58 Å². The van der Waals surface area contributed by atoms with Gasteiger partial charge in [0, 0.05) is 33.3 Å². The molecule has 0 atom stereocenters. The van der Waals surface area contributed by atoms with Crippen LogP contribution in [0.1, 0.15) is 13.8 Å². The summed E-state index contributed by atoms with van der Waals surface area (Å²) in [7, 11) is -0.470. The van der Waals surface area contributed by atoms with Crippen LogP contribution < -0.4 is 5.76 Å². The first-order valence-corrected chi connectivity index (χ1v) is 9.00. The summed E-state index contributed by atoms with van der Waals surface area (Å²) in [6.45, 7) is 4.03. The molecule has 0 unspecified atom stereocenters. The lowest BCUT2D eigenvalue weighted by Gasteiger charge is -2.18. The zero-order valence-electron chi connectivity index (χ0n) is 14.1. The van der Waals surface area contributed by atoms with E-state index in [1.165, 1.54) is 32.0 Å². The molecule has 0 saturated carbocycles. The van der Waals surface area contributed by atoms with Crippen molar-refractivity contribution in [3.05, 3.63) is 28.7 Å². The van der Waals surface area contributed by atoms with Gasteiger partial charge in [-0.3, -0.25) is 9.36 Å². The first-order valence-electron chi connectivity index (χ1n) is 7.56. The van der Waals surface area contributed by atoms with E-state index >= 15 is 0 Å². The maximum Gasteiger partial charge on any atom is 0.420 e. The molecule has 0 radical (unpaired) electrons. The summed E-state index contributed by atoms with van der Waals surface area (Å²) >= 11 is 0. The zero-order chi connectivity index (χ0) is 18.1. The van der Waals surface area contributed by atoms with Crippen LogP contribution >= 0.6 is 0 Å². The fourth-order valence-corrected chi connectivity index (χ4v) is 3.82. The number of likely N-dealkylation sites (N-methyl/N-ethyl adjacent to an activating group) is 1. The molecule has 24 heavy (non-hydrogen) atoms. The molecule has 2 rings (SSSR count). The van der Waals surface area contributed by atoms with Gasteiger partial charge < -0.3 is 9.32 Å². The van der Waals surface area contributed by atoms with Crippen molar-refractivity contribution < 1.29 is 17.6 Å². The Balaban J connectivity index is 2.51. The van der Waals surface area contributed by atoms with Crippen LogP contribution in [-0.4, -0.2) is 55.3 Å². The van der Waals surface area contributed by atoms with Crippen molar-refractivity contribution in [3.63, 3.8) is 0 Å². The topological polar surface area (TPSA) is 92.8 Å². The molecular weight excluding hydrogens is 334 g/mol. The van der Waals surface area contributed by atoms with Crippen molar-refractivity contribution in [3.8, 4) is 0 Å². The number of amides is 1. The molecule has 132 valence electrons. The van der Waals surface area contributed by atoms with Gasteiger partial charge in [-0.1, -0.05) is 13.8 Å². The van der Waals surface area contributed by atoms with Gasteiger partial charge >= 0.3 is 5.76 Å². The van der Waals surface area contributed by atoms with Crippen molar-refractivity contribution in [2.45, 2.75) is 25.3 Å². The summed E-state index contributed by atoms with van der Waals surface area (Å²) in [4.78, 5) is 25.2. The minimum absolute atomic E-state index is 0.0542. The third-order valence-corrected chi connectivity index (χ3v) is 5.82. The summed E-state index contributed by atoms with van der Waals surface area (Å²) in [5.74, 6) is -0.961. The molecule has 1 aromatic heterocycles. The number of carbonyl (C=O) groups is 1. The van der Waals surface area contributed by atoms with Crippen LogP contribution in [-0.2, 0) is 21.4 Å². The molecule has 9 heteroatoms. The van der Waals surface area contributed by atoms with Gasteiger partial charge in [0.05, 0.1) is 10.4 Å². The van der Waals surface area contributed by atoms with Crippen molar-refractivity contribution in [2.24, 2.45) is 0 Å². The molecule has 0 saturated heterocycles. The van der Waals surface area contributed by atoms with Gasteiger partial charge in [-0.15, -0.1) is 0 Å². The lowest BCUT2D eigenvalue weighted by Crippen LogP contribution is -2.30. The van der Waals surface area contributed by atoms with Crippen molar-refractivity contribution in [1.29, 1.82) is 0 Å². The summed E-state index contributed by atoms with van der Waals surface area (Å²) < 4.78 is 32.7. The maximum absolute atomic E-state index is 12.5. The van der Waals surface area contributed by atoms with Gasteiger partial charge in [0.25, 0.3) is 0 Å². The number of benzene rings is 1. The normalized spacial score (nSPS) is 12.0. The molecule has 8 nitrogen and oxygen atoms in total. The van der Waals surface area contributed by atoms with Gasteiger partial charge in [0.2, 0.25) is 15.9 Å². The fourth-order valence-electron chi connectivity index (χ4n) is 2.35. The van der Waals surface area contributed by atoms with E-state index in [1.807, 2.05) is 0 Å². The molecular formula is C15H21N3O5S. The number of hydrogen-bond acceptors (Lipinski definition) is 5. The number of nitrogens with zero attached hydrogens (tertiary/aromatic N) is 3. The second-order valence-corrected chi connectivity index (χ2v) is 7.40. The number of rotatable bonds is 6. The largest absolute Gasteiger partial charge is 0.420 e. The predicted octanol–water partition coefficient (Wildman–Crippen LogP) is 0.713. The number of oxazole rings is 1. The minimum atomic E-state index is -3.65. The Hall–Kier alpha value is -2.13. The average Bonchev–Trinajstić information content (AvgIpc) is 2.83. The quantitative estimate of drug-likeness (QED) is 0.761. The maximum atomic E-state index is 12.5. The van der Waals surface area contributed by atoms with E-state index in [0.29, 0.717) is 18.6 Å². The Morgan fingerprint density at radius 2 is 1.83 bits per heavy atom. The zero-order valence-corrected chi connectivity index (χ0v) is 15.0. The van der Waals surface area contributed by atoms with Gasteiger partial charge in [-0.2, -0.15) is 4.31 Å². The van der Waals surface area contributed by atoms with Gasteiger partial charge in [-0.25, -0.2) is 13.2 Å². The number of sulfonamides is 1. The standard InChI is InChI=1S/C15H21N3O5S/c1-5-17(6-2)24(21,22)11-7-8-12-13(9-11)23-15(20)18(12)10-14(19)16(3)4/h7-9H,5-6,10H2,1-4H3. The Labute approximate surface area is 140 Å². The molecule has 1 aromatic carbocycles. The average molecular weight is 355 g/mol. The van der Waals surface area contributed by atoms with Crippen LogP contribution in [0, 0.1) is 0 Å². The molecule has 0 aliphatic carbocycles. The highest BCUT2D eigenvalue weighted by Crippen LogP contribution is 2.21. The van der Waals surface area contributed by atoms with Crippen LogP contribution in [0.4, 0.5) is 0 Å². The summed E-state index contributed by atoms with van der Waals surface area (Å²) in [6, 6.07) is 4.22. The third-order valence-electron chi connectivity index (χ3n) is 3.78. The van der Waals surface area contributed by atoms with Crippen LogP contribution in [0.15, 0.2) is 32.3 Å². The van der Waals surface area contributed by atoms with Gasteiger partial charge in [-0.05, 0) is 12.1 Å². The van der Waals surface area contributed by atoms with Crippen molar-refractivity contribution >= 4 is 27.0 Å². The van der Waals surface area contributed by atoms with E-state index in [-0.39, 0.29) is 22.9 Å². The molecule has 0 aliphatic heterocycles. The molecule has 1 heterocycles. The van der Waals surface area contributed by atoms with Crippen LogP contribution in [0.3, 0.4) is 0 Å². The number of hydrogen-bond donors (Lipinski definition) is 0. The molecule has 0 bridgehead atoms. The second-order valence-electron chi connectivity index (χ2n) is 5.46. The molecule has 1 amide bonds. The van der Waals surface area contributed by atoms with Crippen LogP contribution in [0.5, 0.6) is 0 Å². The lowest BCUT2D eigenvalue weighted by atomic mass is 10.3. The Kier molecular flexibility index (Phi) is 5.14. The minimum Gasteiger partial charge on any atom is -0.408 e. The molecule has 0 N–H and O–H groups in total. The van der Waals surface area contributed by atoms with Gasteiger partial charge in [0.1, 0.15) is 6.54 Å². The molecule has 2 aromatic rings. The summed E-state index contributed by atoms with van der Waals surface area (Å²) in [5, 5.41) is 0. The molecule has 0 fully saturated rings.